The zero-order valence-electron chi connectivity index (χ0n) is 14.0. The lowest BCUT2D eigenvalue weighted by atomic mass is 10.1. The third kappa shape index (κ3) is 6.40. The van der Waals surface area contributed by atoms with Crippen LogP contribution in [0.2, 0.25) is 0 Å². The largest absolute Gasteiger partial charge is 0.493 e. The third-order valence-electron chi connectivity index (χ3n) is 3.15. The fourth-order valence-electron chi connectivity index (χ4n) is 1.92. The predicted octanol–water partition coefficient (Wildman–Crippen LogP) is 1.50. The molecule has 128 valence electrons. The van der Waals surface area contributed by atoms with Gasteiger partial charge in [0.15, 0.2) is 11.5 Å². The smallest absolute Gasteiger partial charge is 0.239 e. The maximum atomic E-state index is 11.7. The summed E-state index contributed by atoms with van der Waals surface area (Å²) in [5, 5.41) is 5.22. The van der Waals surface area contributed by atoms with Gasteiger partial charge in [-0.05, 0) is 37.1 Å². The molecule has 0 saturated carbocycles. The summed E-state index contributed by atoms with van der Waals surface area (Å²) in [7, 11) is 3.20. The van der Waals surface area contributed by atoms with Crippen molar-refractivity contribution in [2.45, 2.75) is 19.6 Å². The Labute approximate surface area is 141 Å². The van der Waals surface area contributed by atoms with Gasteiger partial charge >= 0.3 is 0 Å². The lowest BCUT2D eigenvalue weighted by molar-refractivity contribution is -0.124. The van der Waals surface area contributed by atoms with Crippen LogP contribution in [0.3, 0.4) is 0 Å². The highest BCUT2D eigenvalue weighted by Gasteiger charge is 2.10. The van der Waals surface area contributed by atoms with E-state index in [-0.39, 0.29) is 18.4 Å². The molecule has 0 aliphatic carbocycles. The number of carbonyl (C=O) groups excluding carboxylic acids is 2. The van der Waals surface area contributed by atoms with Crippen LogP contribution in [-0.2, 0) is 15.3 Å². The summed E-state index contributed by atoms with van der Waals surface area (Å²) in [5.74, 6) is 2.02. The highest BCUT2D eigenvalue weighted by Crippen LogP contribution is 2.31. The molecule has 23 heavy (non-hydrogen) atoms. The topological polar surface area (TPSA) is 76.7 Å². The molecule has 6 nitrogen and oxygen atoms in total. The molecule has 0 heterocycles. The standard InChI is InChI=1S/C16H24N2O4S/c1-5-17-15(19)8-18-16(20)10-23-9-12-7-14(22-4)13(21-3)6-11(12)2/h6-7H,5,8-10H2,1-4H3,(H,17,19)(H,18,20). The summed E-state index contributed by atoms with van der Waals surface area (Å²) >= 11 is 1.49. The summed E-state index contributed by atoms with van der Waals surface area (Å²) in [5.41, 5.74) is 2.17. The van der Waals surface area contributed by atoms with Crippen LogP contribution in [0, 0.1) is 6.92 Å². The molecular weight excluding hydrogens is 316 g/mol. The molecule has 0 fully saturated rings. The second kappa shape index (κ2) is 9.99. The van der Waals surface area contributed by atoms with E-state index in [1.165, 1.54) is 11.8 Å². The molecule has 0 saturated heterocycles. The number of carbonyl (C=O) groups is 2. The van der Waals surface area contributed by atoms with E-state index < -0.39 is 0 Å². The van der Waals surface area contributed by atoms with E-state index >= 15 is 0 Å². The molecule has 0 aromatic heterocycles. The van der Waals surface area contributed by atoms with Gasteiger partial charge in [0.25, 0.3) is 0 Å². The Morgan fingerprint density at radius 1 is 1.09 bits per heavy atom. The zero-order valence-corrected chi connectivity index (χ0v) is 14.8. The number of benzene rings is 1. The Morgan fingerprint density at radius 3 is 2.35 bits per heavy atom. The van der Waals surface area contributed by atoms with Gasteiger partial charge in [-0.15, -0.1) is 11.8 Å². The fourth-order valence-corrected chi connectivity index (χ4v) is 2.84. The molecule has 0 bridgehead atoms. The van der Waals surface area contributed by atoms with Crippen molar-refractivity contribution < 1.29 is 19.1 Å². The van der Waals surface area contributed by atoms with Gasteiger partial charge in [-0.1, -0.05) is 0 Å². The summed E-state index contributed by atoms with van der Waals surface area (Å²) in [4.78, 5) is 23.0. The average molecular weight is 340 g/mol. The summed E-state index contributed by atoms with van der Waals surface area (Å²) in [6, 6.07) is 3.84. The Bertz CT molecular complexity index is 549. The van der Waals surface area contributed by atoms with Gasteiger partial charge in [0.05, 0.1) is 26.5 Å². The third-order valence-corrected chi connectivity index (χ3v) is 4.13. The molecule has 0 spiro atoms. The maximum Gasteiger partial charge on any atom is 0.239 e. The van der Waals surface area contributed by atoms with Gasteiger partial charge in [0.1, 0.15) is 0 Å². The summed E-state index contributed by atoms with van der Waals surface area (Å²) in [6.45, 7) is 4.40. The molecule has 2 amide bonds. The van der Waals surface area contributed by atoms with Crippen molar-refractivity contribution in [3.05, 3.63) is 23.3 Å². The number of hydrogen-bond acceptors (Lipinski definition) is 5. The molecule has 1 aromatic rings. The second-order valence-electron chi connectivity index (χ2n) is 4.86. The Kier molecular flexibility index (Phi) is 8.32. The van der Waals surface area contributed by atoms with Crippen molar-refractivity contribution in [3.63, 3.8) is 0 Å². The first-order valence-electron chi connectivity index (χ1n) is 7.34. The SMILES string of the molecule is CCNC(=O)CNC(=O)CSCc1cc(OC)c(OC)cc1C. The van der Waals surface area contributed by atoms with Crippen LogP contribution in [0.5, 0.6) is 11.5 Å². The van der Waals surface area contributed by atoms with E-state index in [1.807, 2.05) is 26.0 Å². The lowest BCUT2D eigenvalue weighted by Crippen LogP contribution is -2.37. The van der Waals surface area contributed by atoms with Crippen LogP contribution in [-0.4, -0.2) is 44.9 Å². The Hall–Kier alpha value is -1.89. The number of methoxy groups -OCH3 is 2. The monoisotopic (exact) mass is 340 g/mol. The molecular formula is C16H24N2O4S. The van der Waals surface area contributed by atoms with E-state index in [0.29, 0.717) is 29.5 Å². The van der Waals surface area contributed by atoms with Gasteiger partial charge in [0, 0.05) is 12.3 Å². The van der Waals surface area contributed by atoms with E-state index in [4.69, 9.17) is 9.47 Å². The molecule has 0 aliphatic heterocycles. The first-order chi connectivity index (χ1) is 11.0. The summed E-state index contributed by atoms with van der Waals surface area (Å²) < 4.78 is 10.5. The quantitative estimate of drug-likeness (QED) is 0.712. The van der Waals surface area contributed by atoms with Gasteiger partial charge in [0.2, 0.25) is 11.8 Å². The first-order valence-corrected chi connectivity index (χ1v) is 8.49. The zero-order chi connectivity index (χ0) is 17.2. The van der Waals surface area contributed by atoms with E-state index in [9.17, 15) is 9.59 Å². The molecule has 1 rings (SSSR count). The lowest BCUT2D eigenvalue weighted by Gasteiger charge is -2.12. The second-order valence-corrected chi connectivity index (χ2v) is 5.84. The van der Waals surface area contributed by atoms with Crippen molar-refractivity contribution in [2.24, 2.45) is 0 Å². The number of hydrogen-bond donors (Lipinski definition) is 2. The Morgan fingerprint density at radius 2 is 1.74 bits per heavy atom. The van der Waals surface area contributed by atoms with Crippen LogP contribution in [0.1, 0.15) is 18.1 Å². The van der Waals surface area contributed by atoms with Crippen LogP contribution >= 0.6 is 11.8 Å². The highest BCUT2D eigenvalue weighted by molar-refractivity contribution is 7.99. The van der Waals surface area contributed by atoms with Crippen LogP contribution in [0.4, 0.5) is 0 Å². The van der Waals surface area contributed by atoms with Crippen molar-refractivity contribution in [1.29, 1.82) is 0 Å². The minimum Gasteiger partial charge on any atom is -0.493 e. The predicted molar refractivity (Wildman–Crippen MR) is 92.1 cm³/mol. The molecule has 1 aromatic carbocycles. The van der Waals surface area contributed by atoms with Crippen LogP contribution in [0.15, 0.2) is 12.1 Å². The molecule has 2 N–H and O–H groups in total. The number of rotatable bonds is 9. The van der Waals surface area contributed by atoms with E-state index in [2.05, 4.69) is 10.6 Å². The van der Waals surface area contributed by atoms with Crippen LogP contribution < -0.4 is 20.1 Å². The van der Waals surface area contributed by atoms with Crippen LogP contribution in [0.25, 0.3) is 0 Å². The van der Waals surface area contributed by atoms with Crippen molar-refractivity contribution in [3.8, 4) is 11.5 Å². The Balaban J connectivity index is 2.46. The highest BCUT2D eigenvalue weighted by atomic mass is 32.2. The first kappa shape index (κ1) is 19.2. The number of ether oxygens (including phenoxy) is 2. The number of likely N-dealkylation sites (N-methyl/N-ethyl adjacent to an activating group) is 1. The van der Waals surface area contributed by atoms with E-state index in [1.54, 1.807) is 14.2 Å². The minimum absolute atomic E-state index is 0.0165. The molecule has 0 aliphatic rings. The number of nitrogens with one attached hydrogen (secondary N) is 2. The fraction of sp³-hybridized carbons (Fsp3) is 0.500. The van der Waals surface area contributed by atoms with Gasteiger partial charge in [-0.3, -0.25) is 9.59 Å². The molecule has 0 radical (unpaired) electrons. The van der Waals surface area contributed by atoms with Gasteiger partial charge in [-0.25, -0.2) is 0 Å². The number of thioether (sulfide) groups is 1. The summed E-state index contributed by atoms with van der Waals surface area (Å²) in [6.07, 6.45) is 0. The van der Waals surface area contributed by atoms with E-state index in [0.717, 1.165) is 11.1 Å². The van der Waals surface area contributed by atoms with Crippen molar-refractivity contribution in [2.75, 3.05) is 33.1 Å². The number of aryl methyl sites for hydroxylation is 1. The normalized spacial score (nSPS) is 10.1. The van der Waals surface area contributed by atoms with Gasteiger partial charge < -0.3 is 20.1 Å². The number of amides is 2. The average Bonchev–Trinajstić information content (AvgIpc) is 2.54. The molecule has 0 atom stereocenters. The van der Waals surface area contributed by atoms with Crippen molar-refractivity contribution in [1.82, 2.24) is 10.6 Å². The van der Waals surface area contributed by atoms with Crippen molar-refractivity contribution >= 4 is 23.6 Å². The molecule has 0 unspecified atom stereocenters. The maximum absolute atomic E-state index is 11.7. The van der Waals surface area contributed by atoms with Gasteiger partial charge in [-0.2, -0.15) is 0 Å². The molecule has 7 heteroatoms. The minimum atomic E-state index is -0.179.